The number of benzene rings is 1. The molecule has 1 aliphatic carbocycles. The van der Waals surface area contributed by atoms with Crippen LogP contribution in [0.4, 0.5) is 0 Å². The zero-order valence-corrected chi connectivity index (χ0v) is 17.1. The number of halogens is 1. The summed E-state index contributed by atoms with van der Waals surface area (Å²) < 4.78 is 1.83. The Bertz CT molecular complexity index is 852. The number of likely N-dealkylation sites (tertiary alicyclic amines) is 1. The van der Waals surface area contributed by atoms with Crippen LogP contribution in [-0.4, -0.2) is 50.8 Å². The van der Waals surface area contributed by atoms with Gasteiger partial charge in [0.05, 0.1) is 18.7 Å². The van der Waals surface area contributed by atoms with Crippen LogP contribution < -0.4 is 5.32 Å². The van der Waals surface area contributed by atoms with Crippen molar-refractivity contribution in [3.05, 3.63) is 46.7 Å². The van der Waals surface area contributed by atoms with Crippen LogP contribution in [0.5, 0.6) is 0 Å². The summed E-state index contributed by atoms with van der Waals surface area (Å²) >= 11 is 5.89. The highest BCUT2D eigenvalue weighted by Crippen LogP contribution is 2.28. The van der Waals surface area contributed by atoms with E-state index in [2.05, 4.69) is 15.6 Å². The van der Waals surface area contributed by atoms with Gasteiger partial charge in [-0.2, -0.15) is 0 Å². The molecule has 1 aromatic carbocycles. The summed E-state index contributed by atoms with van der Waals surface area (Å²) in [4.78, 5) is 26.6. The summed E-state index contributed by atoms with van der Waals surface area (Å²) in [6.07, 6.45) is 7.88. The van der Waals surface area contributed by atoms with E-state index in [0.29, 0.717) is 17.1 Å². The molecule has 29 heavy (non-hydrogen) atoms. The summed E-state index contributed by atoms with van der Waals surface area (Å²) in [7, 11) is 0. The van der Waals surface area contributed by atoms with E-state index >= 15 is 0 Å². The monoisotopic (exact) mass is 415 g/mol. The average molecular weight is 416 g/mol. The van der Waals surface area contributed by atoms with E-state index in [1.807, 2.05) is 21.7 Å². The second-order valence-corrected chi connectivity index (χ2v) is 8.40. The van der Waals surface area contributed by atoms with E-state index in [9.17, 15) is 9.59 Å². The van der Waals surface area contributed by atoms with E-state index < -0.39 is 0 Å². The molecule has 1 saturated carbocycles. The van der Waals surface area contributed by atoms with Crippen molar-refractivity contribution in [1.29, 1.82) is 0 Å². The molecule has 1 N–H and O–H groups in total. The third-order valence-electron chi connectivity index (χ3n) is 5.84. The first-order valence-electron chi connectivity index (χ1n) is 10.3. The molecule has 7 nitrogen and oxygen atoms in total. The molecule has 2 aliphatic rings. The van der Waals surface area contributed by atoms with E-state index in [-0.39, 0.29) is 23.9 Å². The molecule has 4 rings (SSSR count). The van der Waals surface area contributed by atoms with E-state index in [0.717, 1.165) is 57.2 Å². The van der Waals surface area contributed by atoms with Crippen molar-refractivity contribution in [3.8, 4) is 0 Å². The lowest BCUT2D eigenvalue weighted by molar-refractivity contribution is -0.121. The lowest BCUT2D eigenvalue weighted by Gasteiger charge is -2.29. The molecule has 0 bridgehead atoms. The molecular formula is C21H26ClN5O2. The molecule has 2 fully saturated rings. The maximum Gasteiger partial charge on any atom is 0.276 e. The SMILES string of the molecule is O=C(Cc1ccc(Cl)cc1)NC1CCC(n2cc(C(=O)N3CCCC3)nn2)CC1. The van der Waals surface area contributed by atoms with Crippen molar-refractivity contribution in [2.45, 2.75) is 57.0 Å². The molecule has 1 saturated heterocycles. The van der Waals surface area contributed by atoms with Gasteiger partial charge < -0.3 is 10.2 Å². The first-order chi connectivity index (χ1) is 14.1. The Morgan fingerprint density at radius 2 is 1.76 bits per heavy atom. The fraction of sp³-hybridized carbons (Fsp3) is 0.524. The number of nitrogens with one attached hydrogen (secondary N) is 1. The van der Waals surface area contributed by atoms with Gasteiger partial charge in [0.1, 0.15) is 0 Å². The molecule has 154 valence electrons. The van der Waals surface area contributed by atoms with Crippen LogP contribution in [0, 0.1) is 0 Å². The predicted octanol–water partition coefficient (Wildman–Crippen LogP) is 3.01. The van der Waals surface area contributed by atoms with Crippen LogP contribution in [-0.2, 0) is 11.2 Å². The van der Waals surface area contributed by atoms with Gasteiger partial charge in [-0.3, -0.25) is 9.59 Å². The number of rotatable bonds is 5. The minimum atomic E-state index is -0.0168. The zero-order chi connectivity index (χ0) is 20.2. The van der Waals surface area contributed by atoms with Crippen molar-refractivity contribution in [3.63, 3.8) is 0 Å². The standard InChI is InChI=1S/C21H26ClN5O2/c22-16-5-3-15(4-6-16)13-20(28)23-17-7-9-18(10-8-17)27-14-19(24-25-27)21(29)26-11-1-2-12-26/h3-6,14,17-18H,1-2,7-13H2,(H,23,28). The van der Waals surface area contributed by atoms with Crippen molar-refractivity contribution in [1.82, 2.24) is 25.2 Å². The van der Waals surface area contributed by atoms with Gasteiger partial charge in [-0.1, -0.05) is 28.9 Å². The van der Waals surface area contributed by atoms with E-state index in [1.165, 1.54) is 0 Å². The van der Waals surface area contributed by atoms with Gasteiger partial charge in [0.15, 0.2) is 5.69 Å². The number of hydrogen-bond acceptors (Lipinski definition) is 4. The van der Waals surface area contributed by atoms with Crippen LogP contribution >= 0.6 is 11.6 Å². The fourth-order valence-electron chi connectivity index (χ4n) is 4.19. The number of aromatic nitrogens is 3. The zero-order valence-electron chi connectivity index (χ0n) is 16.4. The van der Waals surface area contributed by atoms with Gasteiger partial charge in [-0.15, -0.1) is 5.10 Å². The third kappa shape index (κ3) is 4.96. The van der Waals surface area contributed by atoms with Gasteiger partial charge in [0.25, 0.3) is 5.91 Å². The number of hydrogen-bond donors (Lipinski definition) is 1. The molecule has 2 amide bonds. The van der Waals surface area contributed by atoms with Crippen LogP contribution in [0.25, 0.3) is 0 Å². The molecular weight excluding hydrogens is 390 g/mol. The van der Waals surface area contributed by atoms with Crippen LogP contribution in [0.3, 0.4) is 0 Å². The lowest BCUT2D eigenvalue weighted by atomic mass is 9.91. The summed E-state index contributed by atoms with van der Waals surface area (Å²) in [5.41, 5.74) is 1.39. The highest BCUT2D eigenvalue weighted by Gasteiger charge is 2.27. The Labute approximate surface area is 175 Å². The first-order valence-corrected chi connectivity index (χ1v) is 10.7. The van der Waals surface area contributed by atoms with E-state index in [1.54, 1.807) is 18.3 Å². The van der Waals surface area contributed by atoms with Crippen molar-refractivity contribution >= 4 is 23.4 Å². The number of amides is 2. The molecule has 1 aromatic heterocycles. The quantitative estimate of drug-likeness (QED) is 0.813. The summed E-state index contributed by atoms with van der Waals surface area (Å²) in [6, 6.07) is 7.77. The van der Waals surface area contributed by atoms with E-state index in [4.69, 9.17) is 11.6 Å². The second kappa shape index (κ2) is 8.95. The van der Waals surface area contributed by atoms with Gasteiger partial charge in [0.2, 0.25) is 5.91 Å². The Hall–Kier alpha value is -2.41. The highest BCUT2D eigenvalue weighted by atomic mass is 35.5. The molecule has 2 aromatic rings. The summed E-state index contributed by atoms with van der Waals surface area (Å²) in [5.74, 6) is 0.0203. The molecule has 1 aliphatic heterocycles. The number of carbonyl (C=O) groups excluding carboxylic acids is 2. The van der Waals surface area contributed by atoms with Crippen molar-refractivity contribution in [2.75, 3.05) is 13.1 Å². The third-order valence-corrected chi connectivity index (χ3v) is 6.09. The molecule has 0 atom stereocenters. The Balaban J connectivity index is 1.25. The smallest absolute Gasteiger partial charge is 0.276 e. The van der Waals surface area contributed by atoms with Gasteiger partial charge in [-0.05, 0) is 56.2 Å². The average Bonchev–Trinajstić information content (AvgIpc) is 3.42. The number of nitrogens with zero attached hydrogens (tertiary/aromatic N) is 4. The normalized spacial score (nSPS) is 21.9. The largest absolute Gasteiger partial charge is 0.353 e. The number of carbonyl (C=O) groups is 2. The fourth-order valence-corrected chi connectivity index (χ4v) is 4.31. The van der Waals surface area contributed by atoms with Crippen molar-refractivity contribution in [2.24, 2.45) is 0 Å². The van der Waals surface area contributed by atoms with Crippen LogP contribution in [0.2, 0.25) is 5.02 Å². The molecule has 2 heterocycles. The molecule has 0 unspecified atom stereocenters. The summed E-state index contributed by atoms with van der Waals surface area (Å²) in [6.45, 7) is 1.62. The predicted molar refractivity (Wildman–Crippen MR) is 110 cm³/mol. The van der Waals surface area contributed by atoms with Crippen molar-refractivity contribution < 1.29 is 9.59 Å². The van der Waals surface area contributed by atoms with Gasteiger partial charge >= 0.3 is 0 Å². The lowest BCUT2D eigenvalue weighted by Crippen LogP contribution is -2.38. The maximum absolute atomic E-state index is 12.4. The van der Waals surface area contributed by atoms with Crippen LogP contribution in [0.15, 0.2) is 30.5 Å². The van der Waals surface area contributed by atoms with Gasteiger partial charge in [-0.25, -0.2) is 4.68 Å². The maximum atomic E-state index is 12.4. The molecule has 0 spiro atoms. The highest BCUT2D eigenvalue weighted by molar-refractivity contribution is 6.30. The Morgan fingerprint density at radius 1 is 1.07 bits per heavy atom. The second-order valence-electron chi connectivity index (χ2n) is 7.96. The minimum Gasteiger partial charge on any atom is -0.353 e. The Kier molecular flexibility index (Phi) is 6.13. The Morgan fingerprint density at radius 3 is 2.45 bits per heavy atom. The van der Waals surface area contributed by atoms with Gasteiger partial charge in [0, 0.05) is 24.2 Å². The first kappa shape index (κ1) is 19.9. The summed E-state index contributed by atoms with van der Waals surface area (Å²) in [5, 5.41) is 12.1. The molecule has 8 heteroatoms. The topological polar surface area (TPSA) is 80.1 Å². The van der Waals surface area contributed by atoms with Crippen LogP contribution in [0.1, 0.15) is 60.6 Å². The molecule has 0 radical (unpaired) electrons. The minimum absolute atomic E-state index is 0.0168.